The monoisotopic (exact) mass is 316 g/mol. The van der Waals surface area contributed by atoms with Gasteiger partial charge in [0.25, 0.3) is 5.91 Å². The number of amides is 1. The van der Waals surface area contributed by atoms with Crippen LogP contribution >= 0.6 is 0 Å². The fourth-order valence-electron chi connectivity index (χ4n) is 2.31. The molecule has 0 unspecified atom stereocenters. The molecule has 0 aliphatic heterocycles. The summed E-state index contributed by atoms with van der Waals surface area (Å²) in [6.45, 7) is 0.449. The molecule has 0 aliphatic rings. The molecule has 2 aromatic rings. The number of hydrogen-bond donors (Lipinski definition) is 0. The van der Waals surface area contributed by atoms with Crippen LogP contribution in [0.25, 0.3) is 0 Å². The molecule has 2 rings (SSSR count). The number of hydrogen-bond acceptors (Lipinski definition) is 5. The maximum Gasteiger partial charge on any atom is 0.257 e. The highest BCUT2D eigenvalue weighted by Gasteiger charge is 2.23. The molecule has 0 fully saturated rings. The zero-order chi connectivity index (χ0) is 16.8. The SMILES string of the molecule is COc1ccc(C(=O)N(C)Cc2cccnc2)c(OC)c1OC. The molecule has 122 valence electrons. The number of pyridine rings is 1. The fourth-order valence-corrected chi connectivity index (χ4v) is 2.31. The van der Waals surface area contributed by atoms with Crippen LogP contribution in [0, 0.1) is 0 Å². The van der Waals surface area contributed by atoms with Crippen molar-refractivity contribution in [3.05, 3.63) is 47.8 Å². The summed E-state index contributed by atoms with van der Waals surface area (Å²) in [5, 5.41) is 0. The summed E-state index contributed by atoms with van der Waals surface area (Å²) in [5.74, 6) is 1.09. The van der Waals surface area contributed by atoms with Gasteiger partial charge in [-0.3, -0.25) is 9.78 Å². The lowest BCUT2D eigenvalue weighted by atomic mass is 10.1. The van der Waals surface area contributed by atoms with E-state index in [9.17, 15) is 4.79 Å². The lowest BCUT2D eigenvalue weighted by Gasteiger charge is -2.20. The van der Waals surface area contributed by atoms with Crippen LogP contribution in [0.3, 0.4) is 0 Å². The van der Waals surface area contributed by atoms with Crippen LogP contribution in [0.2, 0.25) is 0 Å². The summed E-state index contributed by atoms with van der Waals surface area (Å²) in [7, 11) is 6.27. The smallest absolute Gasteiger partial charge is 0.257 e. The largest absolute Gasteiger partial charge is 0.493 e. The van der Waals surface area contributed by atoms with E-state index in [4.69, 9.17) is 14.2 Å². The maximum absolute atomic E-state index is 12.7. The van der Waals surface area contributed by atoms with Crippen molar-refractivity contribution in [1.82, 2.24) is 9.88 Å². The van der Waals surface area contributed by atoms with Crippen molar-refractivity contribution in [3.8, 4) is 17.2 Å². The van der Waals surface area contributed by atoms with Crippen LogP contribution in [-0.4, -0.2) is 44.2 Å². The normalized spacial score (nSPS) is 10.1. The molecule has 0 N–H and O–H groups in total. The molecule has 0 bridgehead atoms. The van der Waals surface area contributed by atoms with E-state index in [0.717, 1.165) is 5.56 Å². The van der Waals surface area contributed by atoms with Gasteiger partial charge in [-0.1, -0.05) is 6.07 Å². The Bertz CT molecular complexity index is 674. The van der Waals surface area contributed by atoms with E-state index in [1.807, 2.05) is 12.1 Å². The zero-order valence-electron chi connectivity index (χ0n) is 13.7. The average molecular weight is 316 g/mol. The highest BCUT2D eigenvalue weighted by Crippen LogP contribution is 2.40. The van der Waals surface area contributed by atoms with Gasteiger partial charge in [0.2, 0.25) is 5.75 Å². The Morgan fingerprint density at radius 2 is 1.83 bits per heavy atom. The van der Waals surface area contributed by atoms with Crippen LogP contribution < -0.4 is 14.2 Å². The molecular weight excluding hydrogens is 296 g/mol. The molecular formula is C17H20N2O4. The topological polar surface area (TPSA) is 60.9 Å². The summed E-state index contributed by atoms with van der Waals surface area (Å²) in [5.41, 5.74) is 1.36. The van der Waals surface area contributed by atoms with Crippen LogP contribution in [0.4, 0.5) is 0 Å². The third-order valence-corrected chi connectivity index (χ3v) is 3.42. The van der Waals surface area contributed by atoms with Crippen molar-refractivity contribution in [1.29, 1.82) is 0 Å². The molecule has 0 aliphatic carbocycles. The first-order chi connectivity index (χ1) is 11.1. The van der Waals surface area contributed by atoms with Crippen molar-refractivity contribution in [2.75, 3.05) is 28.4 Å². The van der Waals surface area contributed by atoms with E-state index in [2.05, 4.69) is 4.98 Å². The minimum atomic E-state index is -0.174. The van der Waals surface area contributed by atoms with Gasteiger partial charge in [-0.05, 0) is 23.8 Å². The summed E-state index contributed by atoms with van der Waals surface area (Å²) < 4.78 is 15.9. The van der Waals surface area contributed by atoms with Gasteiger partial charge in [0.05, 0.1) is 26.9 Å². The van der Waals surface area contributed by atoms with Crippen LogP contribution in [0.5, 0.6) is 17.2 Å². The van der Waals surface area contributed by atoms with Gasteiger partial charge < -0.3 is 19.1 Å². The molecule has 6 nitrogen and oxygen atoms in total. The fraction of sp³-hybridized carbons (Fsp3) is 0.294. The van der Waals surface area contributed by atoms with Crippen LogP contribution in [0.15, 0.2) is 36.7 Å². The predicted octanol–water partition coefficient (Wildman–Crippen LogP) is 2.38. The predicted molar refractivity (Wildman–Crippen MR) is 86.1 cm³/mol. The van der Waals surface area contributed by atoms with Gasteiger partial charge in [0.1, 0.15) is 0 Å². The first-order valence-corrected chi connectivity index (χ1v) is 7.05. The van der Waals surface area contributed by atoms with Crippen LogP contribution in [-0.2, 0) is 6.54 Å². The van der Waals surface area contributed by atoms with Crippen molar-refractivity contribution in [2.24, 2.45) is 0 Å². The minimum Gasteiger partial charge on any atom is -0.493 e. The van der Waals surface area contributed by atoms with Gasteiger partial charge in [0.15, 0.2) is 11.5 Å². The average Bonchev–Trinajstić information content (AvgIpc) is 2.60. The molecule has 1 heterocycles. The molecule has 0 saturated carbocycles. The van der Waals surface area contributed by atoms with Crippen LogP contribution in [0.1, 0.15) is 15.9 Å². The summed E-state index contributed by atoms with van der Waals surface area (Å²) in [6, 6.07) is 7.11. The molecule has 1 aromatic heterocycles. The summed E-state index contributed by atoms with van der Waals surface area (Å²) in [6.07, 6.45) is 3.43. The van der Waals surface area contributed by atoms with E-state index in [1.165, 1.54) is 21.3 Å². The summed E-state index contributed by atoms with van der Waals surface area (Å²) >= 11 is 0. The quantitative estimate of drug-likeness (QED) is 0.819. The Morgan fingerprint density at radius 3 is 2.39 bits per heavy atom. The number of carbonyl (C=O) groups is 1. The first-order valence-electron chi connectivity index (χ1n) is 7.05. The molecule has 1 amide bonds. The Labute approximate surface area is 135 Å². The second-order valence-corrected chi connectivity index (χ2v) is 4.90. The maximum atomic E-state index is 12.7. The molecule has 0 radical (unpaired) electrons. The van der Waals surface area contributed by atoms with Gasteiger partial charge in [0, 0.05) is 26.0 Å². The number of aromatic nitrogens is 1. The van der Waals surface area contributed by atoms with E-state index < -0.39 is 0 Å². The number of ether oxygens (including phenoxy) is 3. The lowest BCUT2D eigenvalue weighted by molar-refractivity contribution is 0.0781. The van der Waals surface area contributed by atoms with Crippen molar-refractivity contribution in [3.63, 3.8) is 0 Å². The highest BCUT2D eigenvalue weighted by atomic mass is 16.5. The standard InChI is InChI=1S/C17H20N2O4/c1-19(11-12-6-5-9-18-10-12)17(20)13-7-8-14(21-2)16(23-4)15(13)22-3/h5-10H,11H2,1-4H3. The first kappa shape index (κ1) is 16.6. The number of benzene rings is 1. The Balaban J connectivity index is 2.31. The van der Waals surface area contributed by atoms with E-state index >= 15 is 0 Å². The van der Waals surface area contributed by atoms with Crippen molar-refractivity contribution >= 4 is 5.91 Å². The highest BCUT2D eigenvalue weighted by molar-refractivity contribution is 5.98. The minimum absolute atomic E-state index is 0.174. The second-order valence-electron chi connectivity index (χ2n) is 4.90. The number of nitrogens with zero attached hydrogens (tertiary/aromatic N) is 2. The van der Waals surface area contributed by atoms with Gasteiger partial charge in [-0.2, -0.15) is 0 Å². The van der Waals surface area contributed by atoms with E-state index in [-0.39, 0.29) is 5.91 Å². The molecule has 1 aromatic carbocycles. The van der Waals surface area contributed by atoms with Gasteiger partial charge in [-0.25, -0.2) is 0 Å². The number of rotatable bonds is 6. The Kier molecular flexibility index (Phi) is 5.41. The second kappa shape index (κ2) is 7.49. The molecule has 0 spiro atoms. The Hall–Kier alpha value is -2.76. The van der Waals surface area contributed by atoms with Gasteiger partial charge in [-0.15, -0.1) is 0 Å². The lowest BCUT2D eigenvalue weighted by Crippen LogP contribution is -2.26. The Morgan fingerprint density at radius 1 is 1.09 bits per heavy atom. The molecule has 0 atom stereocenters. The molecule has 0 saturated heterocycles. The van der Waals surface area contributed by atoms with Crippen molar-refractivity contribution in [2.45, 2.75) is 6.54 Å². The molecule has 6 heteroatoms. The van der Waals surface area contributed by atoms with Crippen molar-refractivity contribution < 1.29 is 19.0 Å². The van der Waals surface area contributed by atoms with Gasteiger partial charge >= 0.3 is 0 Å². The third-order valence-electron chi connectivity index (χ3n) is 3.42. The third kappa shape index (κ3) is 3.53. The molecule has 23 heavy (non-hydrogen) atoms. The zero-order valence-corrected chi connectivity index (χ0v) is 13.7. The number of carbonyl (C=O) groups excluding carboxylic acids is 1. The summed E-state index contributed by atoms with van der Waals surface area (Å²) in [4.78, 5) is 18.4. The van der Waals surface area contributed by atoms with E-state index in [0.29, 0.717) is 29.4 Å². The number of methoxy groups -OCH3 is 3. The van der Waals surface area contributed by atoms with E-state index in [1.54, 1.807) is 36.5 Å².